The number of rotatable bonds is 5. The Morgan fingerprint density at radius 3 is 2.11 bits per heavy atom. The third-order valence-electron chi connectivity index (χ3n) is 6.75. The smallest absolute Gasteiger partial charge is 0.277 e. The van der Waals surface area contributed by atoms with E-state index in [4.69, 9.17) is 0 Å². The van der Waals surface area contributed by atoms with Crippen LogP contribution in [0.25, 0.3) is 10.9 Å². The van der Waals surface area contributed by atoms with Crippen LogP contribution in [0.1, 0.15) is 23.3 Å². The summed E-state index contributed by atoms with van der Waals surface area (Å²) in [5.41, 5.74) is 2.35. The van der Waals surface area contributed by atoms with Crippen LogP contribution < -0.4 is 15.2 Å². The molecule has 1 saturated heterocycles. The fraction of sp³-hybridized carbons (Fsp3) is 0.241. The van der Waals surface area contributed by atoms with Gasteiger partial charge in [0.05, 0.1) is 16.1 Å². The van der Waals surface area contributed by atoms with Crippen molar-refractivity contribution in [2.75, 3.05) is 35.8 Å². The Bertz CT molecular complexity index is 1620. The average Bonchev–Trinajstić information content (AvgIpc) is 2.92. The van der Waals surface area contributed by atoms with E-state index in [0.29, 0.717) is 42.9 Å². The Morgan fingerprint density at radius 1 is 0.842 bits per heavy atom. The maximum absolute atomic E-state index is 13.5. The lowest BCUT2D eigenvalue weighted by molar-refractivity contribution is 0.0747. The van der Waals surface area contributed by atoms with E-state index >= 15 is 0 Å². The molecular weight excluding hydrogens is 500 g/mol. The van der Waals surface area contributed by atoms with Crippen molar-refractivity contribution in [2.24, 2.45) is 7.05 Å². The summed E-state index contributed by atoms with van der Waals surface area (Å²) in [6.07, 6.45) is 0. The molecule has 2 heterocycles. The van der Waals surface area contributed by atoms with Gasteiger partial charge in [-0.15, -0.1) is 0 Å². The van der Waals surface area contributed by atoms with Gasteiger partial charge in [-0.1, -0.05) is 61.5 Å². The summed E-state index contributed by atoms with van der Waals surface area (Å²) in [5, 5.41) is 0.758. The molecule has 198 valence electrons. The highest BCUT2D eigenvalue weighted by atomic mass is 32.2. The van der Waals surface area contributed by atoms with Crippen molar-refractivity contribution in [3.05, 3.63) is 100 Å². The van der Waals surface area contributed by atoms with Crippen LogP contribution in [-0.4, -0.2) is 50.0 Å². The van der Waals surface area contributed by atoms with E-state index in [1.807, 2.05) is 54.3 Å². The molecular formula is C29H32N4O4S. The normalized spacial score (nSPS) is 13.7. The van der Waals surface area contributed by atoms with E-state index in [0.717, 1.165) is 10.9 Å². The van der Waals surface area contributed by atoms with Crippen LogP contribution in [-0.2, 0) is 17.1 Å². The number of hydrogen-bond donors (Lipinski definition) is 1. The predicted molar refractivity (Wildman–Crippen MR) is 152 cm³/mol. The molecule has 1 aliphatic heterocycles. The van der Waals surface area contributed by atoms with Crippen molar-refractivity contribution in [1.82, 2.24) is 9.47 Å². The molecule has 0 saturated carbocycles. The molecule has 3 aromatic carbocycles. The van der Waals surface area contributed by atoms with Crippen LogP contribution >= 0.6 is 0 Å². The molecule has 0 aliphatic carbocycles. The Hall–Kier alpha value is -4.11. The van der Waals surface area contributed by atoms with Crippen LogP contribution in [0.4, 0.5) is 11.4 Å². The second-order valence-corrected chi connectivity index (χ2v) is 10.9. The molecule has 0 unspecified atom stereocenters. The van der Waals surface area contributed by atoms with Gasteiger partial charge in [-0.25, -0.2) is 8.42 Å². The van der Waals surface area contributed by atoms with Gasteiger partial charge in [0.25, 0.3) is 21.5 Å². The van der Waals surface area contributed by atoms with E-state index < -0.39 is 15.6 Å². The number of pyridine rings is 1. The zero-order valence-corrected chi connectivity index (χ0v) is 21.5. The topological polar surface area (TPSA) is 91.7 Å². The molecule has 38 heavy (non-hydrogen) atoms. The number of anilines is 2. The van der Waals surface area contributed by atoms with E-state index in [1.165, 1.54) is 16.7 Å². The number of sulfonamides is 1. The number of nitrogens with one attached hydrogen (secondary N) is 1. The van der Waals surface area contributed by atoms with Crippen molar-refractivity contribution >= 4 is 38.2 Å². The largest absolute Gasteiger partial charge is 0.366 e. The van der Waals surface area contributed by atoms with Crippen LogP contribution in [0.15, 0.2) is 88.6 Å². The summed E-state index contributed by atoms with van der Waals surface area (Å²) in [7, 11) is -2.38. The van der Waals surface area contributed by atoms with Crippen LogP contribution in [0.3, 0.4) is 0 Å². The molecule has 5 rings (SSSR count). The summed E-state index contributed by atoms with van der Waals surface area (Å²) in [6, 6.07) is 23.0. The fourth-order valence-corrected chi connectivity index (χ4v) is 5.77. The molecule has 1 aliphatic rings. The molecule has 4 aromatic rings. The first-order valence-corrected chi connectivity index (χ1v) is 13.5. The van der Waals surface area contributed by atoms with E-state index in [9.17, 15) is 18.0 Å². The van der Waals surface area contributed by atoms with Crippen molar-refractivity contribution in [3.63, 3.8) is 0 Å². The van der Waals surface area contributed by atoms with Crippen LogP contribution in [0, 0.1) is 6.92 Å². The second kappa shape index (κ2) is 10.7. The van der Waals surface area contributed by atoms with Crippen molar-refractivity contribution in [2.45, 2.75) is 19.2 Å². The summed E-state index contributed by atoms with van der Waals surface area (Å²) in [5.74, 6) is -0.0469. The third kappa shape index (κ3) is 5.02. The summed E-state index contributed by atoms with van der Waals surface area (Å²) < 4.78 is 30.7. The minimum absolute atomic E-state index is 0. The molecule has 0 radical (unpaired) electrons. The number of para-hydroxylation sites is 1. The molecule has 1 amide bonds. The fourth-order valence-electron chi connectivity index (χ4n) is 4.71. The first kappa shape index (κ1) is 26.9. The number of carbonyl (C=O) groups excluding carboxylic acids is 1. The number of nitrogens with zero attached hydrogens (tertiary/aromatic N) is 3. The molecule has 1 fully saturated rings. The number of amides is 1. The van der Waals surface area contributed by atoms with Gasteiger partial charge >= 0.3 is 0 Å². The Labute approximate surface area is 223 Å². The number of aromatic nitrogens is 1. The quantitative estimate of drug-likeness (QED) is 0.415. The molecule has 1 N–H and O–H groups in total. The maximum atomic E-state index is 13.5. The third-order valence-corrected chi connectivity index (χ3v) is 8.11. The number of hydrogen-bond acceptors (Lipinski definition) is 5. The number of benzene rings is 3. The van der Waals surface area contributed by atoms with Gasteiger partial charge in [-0.2, -0.15) is 0 Å². The van der Waals surface area contributed by atoms with Crippen LogP contribution in [0.5, 0.6) is 0 Å². The summed E-state index contributed by atoms with van der Waals surface area (Å²) in [4.78, 5) is 30.3. The highest BCUT2D eigenvalue weighted by molar-refractivity contribution is 7.92. The highest BCUT2D eigenvalue weighted by Gasteiger charge is 2.28. The molecule has 9 heteroatoms. The first-order valence-electron chi connectivity index (χ1n) is 12.1. The monoisotopic (exact) mass is 532 g/mol. The van der Waals surface area contributed by atoms with Gasteiger partial charge in [0, 0.05) is 44.2 Å². The molecule has 0 spiro atoms. The lowest BCUT2D eigenvalue weighted by Gasteiger charge is -2.37. The molecule has 1 aromatic heterocycles. The van der Waals surface area contributed by atoms with Gasteiger partial charge in [-0.3, -0.25) is 14.3 Å². The highest BCUT2D eigenvalue weighted by Crippen LogP contribution is 2.34. The second-order valence-electron chi connectivity index (χ2n) is 9.17. The Balaban J connectivity index is 0.00000336. The molecule has 0 atom stereocenters. The lowest BCUT2D eigenvalue weighted by atomic mass is 10.1. The van der Waals surface area contributed by atoms with E-state index in [1.54, 1.807) is 36.2 Å². The number of fused-ring (bicyclic) bond motifs is 1. The standard InChI is InChI=1S/C28H28N4O4S.CH4/c1-20-12-14-22(15-13-20)37(35,36)29-25-26(23-10-6-7-11-24(23)30(2)28(25)34)31-16-18-32(19-17-31)27(33)21-8-4-3-5-9-21;/h3-15,29H,16-19H2,1-2H3;1H4. The van der Waals surface area contributed by atoms with E-state index in [-0.39, 0.29) is 23.9 Å². The van der Waals surface area contributed by atoms with E-state index in [2.05, 4.69) is 4.72 Å². The number of carbonyl (C=O) groups is 1. The SMILES string of the molecule is C.Cc1ccc(S(=O)(=O)Nc2c(N3CCN(C(=O)c4ccccc4)CC3)c3ccccc3n(C)c2=O)cc1. The van der Waals surface area contributed by atoms with Crippen molar-refractivity contribution in [3.8, 4) is 0 Å². The number of aryl methyl sites for hydroxylation is 2. The predicted octanol–water partition coefficient (Wildman–Crippen LogP) is 4.25. The molecule has 8 nitrogen and oxygen atoms in total. The zero-order valence-electron chi connectivity index (χ0n) is 20.7. The van der Waals surface area contributed by atoms with Gasteiger partial charge < -0.3 is 14.4 Å². The van der Waals surface area contributed by atoms with Gasteiger partial charge in [0.15, 0.2) is 0 Å². The van der Waals surface area contributed by atoms with Crippen LogP contribution in [0.2, 0.25) is 0 Å². The Kier molecular flexibility index (Phi) is 7.59. The van der Waals surface area contributed by atoms with Crippen molar-refractivity contribution in [1.29, 1.82) is 0 Å². The average molecular weight is 533 g/mol. The van der Waals surface area contributed by atoms with Gasteiger partial charge in [0.2, 0.25) is 0 Å². The summed E-state index contributed by atoms with van der Waals surface area (Å²) >= 11 is 0. The minimum Gasteiger partial charge on any atom is -0.366 e. The van der Waals surface area contributed by atoms with Gasteiger partial charge in [0.1, 0.15) is 5.69 Å². The van der Waals surface area contributed by atoms with Crippen molar-refractivity contribution < 1.29 is 13.2 Å². The lowest BCUT2D eigenvalue weighted by Crippen LogP contribution is -2.49. The molecule has 0 bridgehead atoms. The summed E-state index contributed by atoms with van der Waals surface area (Å²) in [6.45, 7) is 3.68. The Morgan fingerprint density at radius 2 is 1.45 bits per heavy atom. The maximum Gasteiger partial charge on any atom is 0.277 e. The number of piperazine rings is 1. The zero-order chi connectivity index (χ0) is 26.2. The first-order chi connectivity index (χ1) is 17.8. The van der Waals surface area contributed by atoms with Gasteiger partial charge in [-0.05, 0) is 37.3 Å². The minimum atomic E-state index is -4.01.